The van der Waals surface area contributed by atoms with Gasteiger partial charge in [-0.15, -0.1) is 0 Å². The van der Waals surface area contributed by atoms with Crippen LogP contribution in [0.4, 0.5) is 10.1 Å². The summed E-state index contributed by atoms with van der Waals surface area (Å²) in [6, 6.07) is 12.8. The number of nitrogens with zero attached hydrogens (tertiary/aromatic N) is 1. The molecule has 1 aromatic heterocycles. The number of aryl methyl sites for hydroxylation is 1. The van der Waals surface area contributed by atoms with Crippen LogP contribution in [0.5, 0.6) is 0 Å². The summed E-state index contributed by atoms with van der Waals surface area (Å²) in [6.07, 6.45) is 1.04. The smallest absolute Gasteiger partial charge is 0.340 e. The Labute approximate surface area is 182 Å². The van der Waals surface area contributed by atoms with Gasteiger partial charge in [0, 0.05) is 29.9 Å². The van der Waals surface area contributed by atoms with Crippen LogP contribution in [0.2, 0.25) is 0 Å². The Hall–Kier alpha value is -4.07. The van der Waals surface area contributed by atoms with Crippen LogP contribution in [0, 0.1) is 5.82 Å². The van der Waals surface area contributed by atoms with Crippen LogP contribution < -0.4 is 10.9 Å². The third-order valence-electron chi connectivity index (χ3n) is 5.17. The first kappa shape index (κ1) is 21.2. The Balaban J connectivity index is 1.51. The zero-order chi connectivity index (χ0) is 22.8. The monoisotopic (exact) mass is 434 g/mol. The highest BCUT2D eigenvalue weighted by molar-refractivity contribution is 6.02. The van der Waals surface area contributed by atoms with E-state index in [9.17, 15) is 23.6 Å². The number of ketones is 1. The summed E-state index contributed by atoms with van der Waals surface area (Å²) < 4.78 is 20.0. The molecule has 4 rings (SSSR count). The number of carbonyl (C=O) groups excluding carboxylic acids is 3. The first-order valence-electron chi connectivity index (χ1n) is 9.98. The lowest BCUT2D eigenvalue weighted by Gasteiger charge is -2.18. The number of pyridine rings is 1. The van der Waals surface area contributed by atoms with E-state index in [-0.39, 0.29) is 17.2 Å². The van der Waals surface area contributed by atoms with Gasteiger partial charge in [-0.3, -0.25) is 19.0 Å². The van der Waals surface area contributed by atoms with E-state index in [1.165, 1.54) is 49.5 Å². The second-order valence-electron chi connectivity index (χ2n) is 7.44. The number of ether oxygens (including phenoxy) is 1. The summed E-state index contributed by atoms with van der Waals surface area (Å²) in [5.41, 5.74) is 1.73. The fourth-order valence-electron chi connectivity index (χ4n) is 3.49. The predicted octanol–water partition coefficient (Wildman–Crippen LogP) is 3.29. The number of anilines is 1. The molecule has 8 heteroatoms. The van der Waals surface area contributed by atoms with Gasteiger partial charge in [0.25, 0.3) is 5.56 Å². The molecular weight excluding hydrogens is 415 g/mol. The standard InChI is InChI=1S/C24H19FN2O5/c1-14(23(30)16-5-8-20-15(11-16)6-9-21(28)26-20)32-24(31)17-7-10-22(29)27(13-17)19-4-2-3-18(25)12-19/h2-5,7-8,10-14H,6,9H2,1H3,(H,26,28). The first-order valence-corrected chi connectivity index (χ1v) is 9.98. The van der Waals surface area contributed by atoms with Crippen LogP contribution in [-0.4, -0.2) is 28.3 Å². The molecule has 0 bridgehead atoms. The van der Waals surface area contributed by atoms with Crippen molar-refractivity contribution in [3.63, 3.8) is 0 Å². The number of fused-ring (bicyclic) bond motifs is 1. The Morgan fingerprint density at radius 1 is 1.03 bits per heavy atom. The van der Waals surface area contributed by atoms with Crippen molar-refractivity contribution in [3.05, 3.63) is 93.7 Å². The van der Waals surface area contributed by atoms with E-state index in [2.05, 4.69) is 5.32 Å². The largest absolute Gasteiger partial charge is 0.451 e. The van der Waals surface area contributed by atoms with E-state index < -0.39 is 29.2 Å². The third-order valence-corrected chi connectivity index (χ3v) is 5.17. The summed E-state index contributed by atoms with van der Waals surface area (Å²) in [7, 11) is 0. The lowest BCUT2D eigenvalue weighted by atomic mass is 9.97. The van der Waals surface area contributed by atoms with E-state index in [1.807, 2.05) is 0 Å². The van der Waals surface area contributed by atoms with E-state index in [0.29, 0.717) is 24.1 Å². The Morgan fingerprint density at radius 2 is 1.81 bits per heavy atom. The van der Waals surface area contributed by atoms with E-state index >= 15 is 0 Å². The highest BCUT2D eigenvalue weighted by Crippen LogP contribution is 2.24. The van der Waals surface area contributed by atoms with Gasteiger partial charge in [-0.25, -0.2) is 9.18 Å². The number of aromatic nitrogens is 1. The molecule has 7 nitrogen and oxygen atoms in total. The van der Waals surface area contributed by atoms with Gasteiger partial charge in [0.15, 0.2) is 6.10 Å². The van der Waals surface area contributed by atoms with Crippen molar-refractivity contribution in [1.82, 2.24) is 4.57 Å². The number of hydrogen-bond acceptors (Lipinski definition) is 5. The molecule has 0 saturated heterocycles. The van der Waals surface area contributed by atoms with Crippen LogP contribution >= 0.6 is 0 Å². The maximum absolute atomic E-state index is 13.5. The second kappa shape index (κ2) is 8.58. The summed E-state index contributed by atoms with van der Waals surface area (Å²) in [6.45, 7) is 1.46. The fraction of sp³-hybridized carbons (Fsp3) is 0.167. The molecule has 162 valence electrons. The SMILES string of the molecule is CC(OC(=O)c1ccc(=O)n(-c2cccc(F)c2)c1)C(=O)c1ccc2c(c1)CCC(=O)N2. The molecule has 1 N–H and O–H groups in total. The number of esters is 1. The quantitative estimate of drug-likeness (QED) is 0.491. The van der Waals surface area contributed by atoms with Crippen molar-refractivity contribution in [2.24, 2.45) is 0 Å². The molecule has 1 aliphatic heterocycles. The average molecular weight is 434 g/mol. The second-order valence-corrected chi connectivity index (χ2v) is 7.44. The minimum atomic E-state index is -1.08. The van der Waals surface area contributed by atoms with Gasteiger partial charge in [0.2, 0.25) is 11.7 Å². The minimum Gasteiger partial charge on any atom is -0.451 e. The molecule has 1 unspecified atom stereocenters. The number of carbonyl (C=O) groups is 3. The van der Waals surface area contributed by atoms with Gasteiger partial charge in [-0.1, -0.05) is 6.07 Å². The highest BCUT2D eigenvalue weighted by Gasteiger charge is 2.23. The molecule has 2 aromatic carbocycles. The third kappa shape index (κ3) is 4.34. The minimum absolute atomic E-state index is 0.0432. The predicted molar refractivity (Wildman–Crippen MR) is 115 cm³/mol. The average Bonchev–Trinajstić information content (AvgIpc) is 2.78. The number of amides is 1. The van der Waals surface area contributed by atoms with Crippen LogP contribution in [0.25, 0.3) is 5.69 Å². The van der Waals surface area contributed by atoms with Crippen molar-refractivity contribution in [2.45, 2.75) is 25.9 Å². The van der Waals surface area contributed by atoms with E-state index in [4.69, 9.17) is 4.74 Å². The summed E-state index contributed by atoms with van der Waals surface area (Å²) in [5.74, 6) is -1.78. The van der Waals surface area contributed by atoms with Crippen molar-refractivity contribution in [2.75, 3.05) is 5.32 Å². The summed E-state index contributed by atoms with van der Waals surface area (Å²) in [5, 5.41) is 2.75. The zero-order valence-corrected chi connectivity index (χ0v) is 17.1. The molecule has 1 atom stereocenters. The molecule has 0 fully saturated rings. The Bertz CT molecular complexity index is 1300. The first-order chi connectivity index (χ1) is 15.3. The molecule has 0 radical (unpaired) electrons. The highest BCUT2D eigenvalue weighted by atomic mass is 19.1. The van der Waals surface area contributed by atoms with Crippen molar-refractivity contribution in [1.29, 1.82) is 0 Å². The maximum atomic E-state index is 13.5. The topological polar surface area (TPSA) is 94.5 Å². The molecule has 0 aliphatic carbocycles. The number of rotatable bonds is 5. The van der Waals surface area contributed by atoms with E-state index in [1.54, 1.807) is 18.2 Å². The summed E-state index contributed by atoms with van der Waals surface area (Å²) >= 11 is 0. The molecule has 1 aliphatic rings. The lowest BCUT2D eigenvalue weighted by Crippen LogP contribution is -2.26. The zero-order valence-electron chi connectivity index (χ0n) is 17.1. The normalized spacial score (nSPS) is 13.6. The molecule has 0 spiro atoms. The van der Waals surface area contributed by atoms with Crippen LogP contribution in [0.1, 0.15) is 39.6 Å². The molecule has 2 heterocycles. The molecular formula is C24H19FN2O5. The Kier molecular flexibility index (Phi) is 5.68. The Morgan fingerprint density at radius 3 is 2.59 bits per heavy atom. The van der Waals surface area contributed by atoms with Gasteiger partial charge in [-0.05, 0) is 61.4 Å². The number of Topliss-reactive ketones (excluding diaryl/α,β-unsaturated/α-hetero) is 1. The molecule has 0 saturated carbocycles. The van der Waals surface area contributed by atoms with Crippen LogP contribution in [0.15, 0.2) is 65.6 Å². The van der Waals surface area contributed by atoms with Gasteiger partial charge in [0.1, 0.15) is 5.82 Å². The van der Waals surface area contributed by atoms with Crippen molar-refractivity contribution in [3.8, 4) is 5.69 Å². The van der Waals surface area contributed by atoms with Crippen LogP contribution in [0.3, 0.4) is 0 Å². The lowest BCUT2D eigenvalue weighted by molar-refractivity contribution is -0.116. The van der Waals surface area contributed by atoms with Gasteiger partial charge < -0.3 is 10.1 Å². The van der Waals surface area contributed by atoms with Crippen molar-refractivity contribution < 1.29 is 23.5 Å². The maximum Gasteiger partial charge on any atom is 0.340 e. The van der Waals surface area contributed by atoms with Gasteiger partial charge in [-0.2, -0.15) is 0 Å². The number of hydrogen-bond donors (Lipinski definition) is 1. The summed E-state index contributed by atoms with van der Waals surface area (Å²) in [4.78, 5) is 49.0. The van der Waals surface area contributed by atoms with E-state index in [0.717, 1.165) is 10.1 Å². The van der Waals surface area contributed by atoms with Crippen molar-refractivity contribution >= 4 is 23.3 Å². The number of benzene rings is 2. The molecule has 32 heavy (non-hydrogen) atoms. The van der Waals surface area contributed by atoms with Gasteiger partial charge >= 0.3 is 5.97 Å². The van der Waals surface area contributed by atoms with Gasteiger partial charge in [0.05, 0.1) is 11.3 Å². The fourth-order valence-corrected chi connectivity index (χ4v) is 3.49. The van der Waals surface area contributed by atoms with Crippen LogP contribution in [-0.2, 0) is 16.0 Å². The molecule has 3 aromatic rings. The number of nitrogens with one attached hydrogen (secondary N) is 1. The molecule has 1 amide bonds. The number of halogens is 1.